The Bertz CT molecular complexity index is 1620. The molecule has 0 bridgehead atoms. The molecule has 5 heterocycles. The van der Waals surface area contributed by atoms with Crippen LogP contribution in [0.25, 0.3) is 16.9 Å². The highest BCUT2D eigenvalue weighted by Gasteiger charge is 2.46. The fourth-order valence-corrected chi connectivity index (χ4v) is 6.28. The van der Waals surface area contributed by atoms with Crippen molar-refractivity contribution in [1.29, 1.82) is 0 Å². The number of carbonyl (C=O) groups is 2. The highest BCUT2D eigenvalue weighted by molar-refractivity contribution is 6.06. The van der Waals surface area contributed by atoms with Gasteiger partial charge in [0.25, 0.3) is 5.91 Å². The summed E-state index contributed by atoms with van der Waals surface area (Å²) < 4.78 is 15.5. The molecule has 1 amide bonds. The predicted molar refractivity (Wildman–Crippen MR) is 136 cm³/mol. The number of imidazole rings is 1. The van der Waals surface area contributed by atoms with E-state index in [1.807, 2.05) is 22.6 Å². The quantitative estimate of drug-likeness (QED) is 0.439. The van der Waals surface area contributed by atoms with Crippen molar-refractivity contribution in [2.75, 3.05) is 12.4 Å². The molecule has 0 unspecified atom stereocenters. The van der Waals surface area contributed by atoms with E-state index in [1.54, 1.807) is 12.4 Å². The fraction of sp³-hybridized carbons (Fsp3) is 0.286. The molecule has 0 radical (unpaired) electrons. The SMILES string of the molecule is CN1Cc2nc(Nc3ccc(-c4cnc5cc(F)ccn45)c4c3C(=O)NC4)ccc2C12CCC(=O)CC2. The average Bonchev–Trinajstić information content (AvgIpc) is 3.55. The molecule has 3 aliphatic rings. The van der Waals surface area contributed by atoms with Gasteiger partial charge in [-0.3, -0.25) is 18.9 Å². The van der Waals surface area contributed by atoms with Gasteiger partial charge in [-0.05, 0) is 49.2 Å². The lowest BCUT2D eigenvalue weighted by Gasteiger charge is -2.39. The molecule has 186 valence electrons. The van der Waals surface area contributed by atoms with E-state index >= 15 is 0 Å². The smallest absolute Gasteiger partial charge is 0.254 e. The van der Waals surface area contributed by atoms with Crippen LogP contribution in [-0.4, -0.2) is 38.0 Å². The van der Waals surface area contributed by atoms with E-state index in [0.717, 1.165) is 41.9 Å². The monoisotopic (exact) mass is 496 g/mol. The van der Waals surface area contributed by atoms with Crippen molar-refractivity contribution < 1.29 is 14.0 Å². The number of amides is 1. The van der Waals surface area contributed by atoms with E-state index in [1.165, 1.54) is 17.7 Å². The maximum Gasteiger partial charge on any atom is 0.254 e. The van der Waals surface area contributed by atoms with Gasteiger partial charge in [0.2, 0.25) is 0 Å². The van der Waals surface area contributed by atoms with Crippen LogP contribution in [0.5, 0.6) is 0 Å². The summed E-state index contributed by atoms with van der Waals surface area (Å²) in [6.07, 6.45) is 6.23. The third kappa shape index (κ3) is 3.30. The fourth-order valence-electron chi connectivity index (χ4n) is 6.28. The van der Waals surface area contributed by atoms with Crippen LogP contribution < -0.4 is 10.6 Å². The van der Waals surface area contributed by atoms with Gasteiger partial charge in [-0.2, -0.15) is 0 Å². The summed E-state index contributed by atoms with van der Waals surface area (Å²) in [4.78, 5) is 36.3. The minimum Gasteiger partial charge on any atom is -0.348 e. The second kappa shape index (κ2) is 7.94. The zero-order valence-corrected chi connectivity index (χ0v) is 20.3. The highest BCUT2D eigenvalue weighted by Crippen LogP contribution is 2.47. The van der Waals surface area contributed by atoms with Gasteiger partial charge in [-0.25, -0.2) is 14.4 Å². The van der Waals surface area contributed by atoms with E-state index < -0.39 is 0 Å². The first-order valence-corrected chi connectivity index (χ1v) is 12.5. The number of nitrogens with one attached hydrogen (secondary N) is 2. The first kappa shape index (κ1) is 22.1. The first-order valence-electron chi connectivity index (χ1n) is 12.5. The van der Waals surface area contributed by atoms with Crippen LogP contribution >= 0.6 is 0 Å². The molecule has 1 spiro atoms. The van der Waals surface area contributed by atoms with Crippen molar-refractivity contribution in [2.24, 2.45) is 0 Å². The van der Waals surface area contributed by atoms with Crippen molar-refractivity contribution in [1.82, 2.24) is 24.6 Å². The first-order chi connectivity index (χ1) is 17.9. The Labute approximate surface area is 212 Å². The number of hydrogen-bond donors (Lipinski definition) is 2. The van der Waals surface area contributed by atoms with Crippen molar-refractivity contribution in [3.8, 4) is 11.3 Å². The number of nitrogens with zero attached hydrogens (tertiary/aromatic N) is 4. The molecule has 0 atom stereocenters. The Kier molecular flexibility index (Phi) is 4.75. The molecule has 37 heavy (non-hydrogen) atoms. The van der Waals surface area contributed by atoms with E-state index in [0.29, 0.717) is 47.9 Å². The van der Waals surface area contributed by atoms with Crippen LogP contribution in [0.4, 0.5) is 15.9 Å². The largest absolute Gasteiger partial charge is 0.348 e. The molecule has 9 heteroatoms. The molecule has 1 aliphatic carbocycles. The van der Waals surface area contributed by atoms with Crippen LogP contribution in [0.2, 0.25) is 0 Å². The molecule has 0 saturated heterocycles. The predicted octanol–water partition coefficient (Wildman–Crippen LogP) is 4.31. The molecule has 1 saturated carbocycles. The summed E-state index contributed by atoms with van der Waals surface area (Å²) >= 11 is 0. The van der Waals surface area contributed by atoms with Crippen LogP contribution in [0.15, 0.2) is 48.8 Å². The number of pyridine rings is 2. The molecule has 1 fully saturated rings. The number of benzene rings is 1. The standard InChI is InChI=1S/C28H25FN6O2/c1-34-15-22-20(28(34)9-6-17(36)7-10-28)3-5-24(33-22)32-21-4-2-18(19-13-31-27(37)26(19)21)23-14-30-25-12-16(29)8-11-35(23)25/h2-5,8,11-12,14H,6-7,9-10,13,15H2,1H3,(H,31,37)(H,32,33). The lowest BCUT2D eigenvalue weighted by Crippen LogP contribution is -2.41. The van der Waals surface area contributed by atoms with Crippen LogP contribution in [0.3, 0.4) is 0 Å². The van der Waals surface area contributed by atoms with Crippen molar-refractivity contribution in [3.63, 3.8) is 0 Å². The molecular weight excluding hydrogens is 471 g/mol. The Morgan fingerprint density at radius 1 is 1.11 bits per heavy atom. The third-order valence-corrected chi connectivity index (χ3v) is 8.21. The third-order valence-electron chi connectivity index (χ3n) is 8.21. The van der Waals surface area contributed by atoms with E-state index in [4.69, 9.17) is 4.98 Å². The average molecular weight is 497 g/mol. The molecule has 1 aromatic carbocycles. The van der Waals surface area contributed by atoms with Crippen LogP contribution in [0, 0.1) is 5.82 Å². The Balaban J connectivity index is 1.24. The van der Waals surface area contributed by atoms with E-state index in [-0.39, 0.29) is 17.3 Å². The number of halogens is 1. The second-order valence-corrected chi connectivity index (χ2v) is 10.2. The van der Waals surface area contributed by atoms with Crippen LogP contribution in [0.1, 0.15) is 52.9 Å². The molecular formula is C28H25FN6O2. The number of fused-ring (bicyclic) bond motifs is 4. The van der Waals surface area contributed by atoms with Gasteiger partial charge in [-0.1, -0.05) is 12.1 Å². The van der Waals surface area contributed by atoms with Gasteiger partial charge in [0, 0.05) is 49.3 Å². The number of hydrogen-bond acceptors (Lipinski definition) is 6. The maximum atomic E-state index is 13.7. The van der Waals surface area contributed by atoms with Crippen molar-refractivity contribution in [2.45, 2.75) is 44.3 Å². The Morgan fingerprint density at radius 2 is 1.95 bits per heavy atom. The highest BCUT2D eigenvalue weighted by atomic mass is 19.1. The van der Waals surface area contributed by atoms with E-state index in [9.17, 15) is 14.0 Å². The molecule has 2 aliphatic heterocycles. The van der Waals surface area contributed by atoms with Gasteiger partial charge >= 0.3 is 0 Å². The number of aromatic nitrogens is 3. The second-order valence-electron chi connectivity index (χ2n) is 10.2. The molecule has 8 nitrogen and oxygen atoms in total. The van der Waals surface area contributed by atoms with Gasteiger partial charge in [-0.15, -0.1) is 0 Å². The number of anilines is 2. The summed E-state index contributed by atoms with van der Waals surface area (Å²) in [5, 5.41) is 6.32. The van der Waals surface area contributed by atoms with Crippen molar-refractivity contribution in [3.05, 3.63) is 77.0 Å². The molecule has 4 aromatic rings. The van der Waals surface area contributed by atoms with E-state index in [2.05, 4.69) is 33.6 Å². The summed E-state index contributed by atoms with van der Waals surface area (Å²) in [5.74, 6) is 0.523. The maximum absolute atomic E-state index is 13.7. The van der Waals surface area contributed by atoms with Crippen LogP contribution in [-0.2, 0) is 23.4 Å². The number of carbonyl (C=O) groups excluding carboxylic acids is 2. The number of ketones is 1. The summed E-state index contributed by atoms with van der Waals surface area (Å²) in [5.41, 5.74) is 6.41. The van der Waals surface area contributed by atoms with Crippen molar-refractivity contribution >= 4 is 28.8 Å². The van der Waals surface area contributed by atoms with Gasteiger partial charge in [0.05, 0.1) is 28.8 Å². The molecule has 7 rings (SSSR count). The zero-order valence-electron chi connectivity index (χ0n) is 20.3. The lowest BCUT2D eigenvalue weighted by atomic mass is 9.77. The topological polar surface area (TPSA) is 91.6 Å². The lowest BCUT2D eigenvalue weighted by molar-refractivity contribution is -0.122. The minimum atomic E-state index is -0.345. The van der Waals surface area contributed by atoms with Gasteiger partial charge in [0.15, 0.2) is 0 Å². The summed E-state index contributed by atoms with van der Waals surface area (Å²) in [7, 11) is 2.11. The normalized spacial score (nSPS) is 18.3. The minimum absolute atomic E-state index is 0.117. The Morgan fingerprint density at radius 3 is 2.78 bits per heavy atom. The Hall–Kier alpha value is -4.11. The van der Waals surface area contributed by atoms with Gasteiger partial charge < -0.3 is 10.6 Å². The number of Topliss-reactive ketones (excluding diaryl/α,β-unsaturated/α-hetero) is 1. The molecule has 3 aromatic heterocycles. The van der Waals surface area contributed by atoms with Gasteiger partial charge in [0.1, 0.15) is 23.1 Å². The zero-order chi connectivity index (χ0) is 25.3. The summed E-state index contributed by atoms with van der Waals surface area (Å²) in [6.45, 7) is 1.13. The molecule has 2 N–H and O–H groups in total. The number of rotatable bonds is 3. The summed E-state index contributed by atoms with van der Waals surface area (Å²) in [6, 6.07) is 10.7.